The van der Waals surface area contributed by atoms with Crippen molar-refractivity contribution in [1.82, 2.24) is 15.2 Å². The molecule has 1 aliphatic heterocycles. The molecule has 3 amide bonds. The number of likely N-dealkylation sites (tertiary alicyclic amines) is 1. The predicted molar refractivity (Wildman–Crippen MR) is 189 cm³/mol. The fourth-order valence-electron chi connectivity index (χ4n) is 5.87. The van der Waals surface area contributed by atoms with E-state index in [2.05, 4.69) is 55.7 Å². The van der Waals surface area contributed by atoms with Crippen LogP contribution in [0, 0.1) is 0 Å². The molecule has 1 saturated heterocycles. The number of aromatic nitrogens is 1. The van der Waals surface area contributed by atoms with Crippen LogP contribution in [0.4, 0.5) is 5.13 Å². The number of hydrogen-bond acceptors (Lipinski definition) is 5. The third-order valence-electron chi connectivity index (χ3n) is 8.48. The molecule has 1 atom stereocenters. The standard InChI is InChI=1S/C39H38N4O3S/c1-39(2,3)28-21-19-26(20-22-28)29-15-7-9-17-31(29)36(45)42-38-40-33(25-47-38)30-16-8-10-18-32(30)35(44)41-34(27-13-5-4-6-14-27)37(46)43-23-11-12-24-43/h4-10,13-22,25,34H,11-12,23-24H2,1-3H3,(H,41,44)(H,40,42,45)/t34-/m0/s1. The number of carbonyl (C=O) groups is 3. The van der Waals surface area contributed by atoms with Gasteiger partial charge in [-0.1, -0.05) is 112 Å². The summed E-state index contributed by atoms with van der Waals surface area (Å²) in [5.41, 5.74) is 5.90. The molecule has 0 aliphatic carbocycles. The lowest BCUT2D eigenvalue weighted by Gasteiger charge is -2.24. The van der Waals surface area contributed by atoms with Crippen molar-refractivity contribution in [2.24, 2.45) is 0 Å². The van der Waals surface area contributed by atoms with Crippen LogP contribution in [0.15, 0.2) is 109 Å². The average Bonchev–Trinajstić information content (AvgIpc) is 3.80. The Morgan fingerprint density at radius 2 is 1.34 bits per heavy atom. The lowest BCUT2D eigenvalue weighted by Crippen LogP contribution is -2.42. The topological polar surface area (TPSA) is 91.4 Å². The summed E-state index contributed by atoms with van der Waals surface area (Å²) in [5, 5.41) is 8.21. The first-order chi connectivity index (χ1) is 22.7. The van der Waals surface area contributed by atoms with Gasteiger partial charge in [0, 0.05) is 35.2 Å². The number of nitrogens with zero attached hydrogens (tertiary/aromatic N) is 2. The summed E-state index contributed by atoms with van der Waals surface area (Å²) in [6, 6.07) is 31.6. The molecule has 5 aromatic rings. The summed E-state index contributed by atoms with van der Waals surface area (Å²) in [5.74, 6) is -0.742. The molecule has 8 heteroatoms. The highest BCUT2D eigenvalue weighted by Crippen LogP contribution is 2.31. The number of carbonyl (C=O) groups excluding carboxylic acids is 3. The van der Waals surface area contributed by atoms with Gasteiger partial charge in [-0.05, 0) is 52.6 Å². The van der Waals surface area contributed by atoms with Crippen molar-refractivity contribution >= 4 is 34.2 Å². The Balaban J connectivity index is 1.22. The van der Waals surface area contributed by atoms with Gasteiger partial charge in [0.15, 0.2) is 5.13 Å². The zero-order valence-corrected chi connectivity index (χ0v) is 27.6. The molecule has 6 rings (SSSR count). The summed E-state index contributed by atoms with van der Waals surface area (Å²) < 4.78 is 0. The maximum atomic E-state index is 13.8. The van der Waals surface area contributed by atoms with E-state index in [-0.39, 0.29) is 23.1 Å². The fraction of sp³-hybridized carbons (Fsp3) is 0.231. The van der Waals surface area contributed by atoms with E-state index in [1.54, 1.807) is 12.1 Å². The molecular formula is C39H38N4O3S. The number of thiazole rings is 1. The molecule has 1 aromatic heterocycles. The van der Waals surface area contributed by atoms with Crippen molar-refractivity contribution in [3.8, 4) is 22.4 Å². The van der Waals surface area contributed by atoms with Gasteiger partial charge < -0.3 is 10.2 Å². The predicted octanol–water partition coefficient (Wildman–Crippen LogP) is 8.12. The van der Waals surface area contributed by atoms with Crippen LogP contribution in [0.5, 0.6) is 0 Å². The first-order valence-electron chi connectivity index (χ1n) is 15.9. The third-order valence-corrected chi connectivity index (χ3v) is 9.24. The summed E-state index contributed by atoms with van der Waals surface area (Å²) in [7, 11) is 0. The molecule has 1 aliphatic rings. The van der Waals surface area contributed by atoms with Crippen molar-refractivity contribution in [3.05, 3.63) is 131 Å². The van der Waals surface area contributed by atoms with Crippen LogP contribution in [-0.2, 0) is 10.2 Å². The maximum Gasteiger partial charge on any atom is 0.258 e. The van der Waals surface area contributed by atoms with E-state index in [1.807, 2.05) is 77.0 Å². The van der Waals surface area contributed by atoms with E-state index >= 15 is 0 Å². The Kier molecular flexibility index (Phi) is 9.31. The molecule has 1 fully saturated rings. The maximum absolute atomic E-state index is 13.8. The lowest BCUT2D eigenvalue weighted by molar-refractivity contribution is -0.132. The molecule has 47 heavy (non-hydrogen) atoms. The second kappa shape index (κ2) is 13.7. The Morgan fingerprint density at radius 3 is 2.00 bits per heavy atom. The van der Waals surface area contributed by atoms with Gasteiger partial charge in [-0.25, -0.2) is 4.98 Å². The summed E-state index contributed by atoms with van der Waals surface area (Å²) in [6.45, 7) is 7.91. The van der Waals surface area contributed by atoms with E-state index in [0.29, 0.717) is 40.6 Å². The van der Waals surface area contributed by atoms with Crippen LogP contribution in [0.1, 0.15) is 71.5 Å². The molecule has 0 bridgehead atoms. The minimum Gasteiger partial charge on any atom is -0.341 e. The van der Waals surface area contributed by atoms with Crippen molar-refractivity contribution in [2.45, 2.75) is 45.1 Å². The fourth-order valence-corrected chi connectivity index (χ4v) is 6.57. The number of rotatable bonds is 8. The lowest BCUT2D eigenvalue weighted by atomic mass is 9.86. The quantitative estimate of drug-likeness (QED) is 0.179. The summed E-state index contributed by atoms with van der Waals surface area (Å²) in [4.78, 5) is 47.4. The van der Waals surface area contributed by atoms with Crippen LogP contribution in [0.3, 0.4) is 0 Å². The first-order valence-corrected chi connectivity index (χ1v) is 16.8. The van der Waals surface area contributed by atoms with Gasteiger partial charge in [-0.15, -0.1) is 11.3 Å². The number of benzene rings is 4. The molecule has 0 unspecified atom stereocenters. The van der Waals surface area contributed by atoms with Crippen LogP contribution < -0.4 is 10.6 Å². The van der Waals surface area contributed by atoms with Crippen LogP contribution in [-0.4, -0.2) is 40.7 Å². The van der Waals surface area contributed by atoms with Gasteiger partial charge in [0.1, 0.15) is 6.04 Å². The Labute approximate surface area is 279 Å². The van der Waals surface area contributed by atoms with E-state index in [4.69, 9.17) is 4.98 Å². The monoisotopic (exact) mass is 642 g/mol. The second-order valence-corrected chi connectivity index (χ2v) is 13.6. The Morgan fingerprint density at radius 1 is 0.745 bits per heavy atom. The summed E-state index contributed by atoms with van der Waals surface area (Å²) >= 11 is 1.29. The molecule has 4 aromatic carbocycles. The van der Waals surface area contributed by atoms with Crippen LogP contribution in [0.2, 0.25) is 0 Å². The van der Waals surface area contributed by atoms with E-state index in [0.717, 1.165) is 29.5 Å². The zero-order chi connectivity index (χ0) is 33.0. The average molecular weight is 643 g/mol. The number of amides is 3. The second-order valence-electron chi connectivity index (χ2n) is 12.8. The Bertz CT molecular complexity index is 1890. The molecule has 238 valence electrons. The number of nitrogens with one attached hydrogen (secondary N) is 2. The van der Waals surface area contributed by atoms with E-state index in [1.165, 1.54) is 16.9 Å². The van der Waals surface area contributed by atoms with Gasteiger partial charge >= 0.3 is 0 Å². The van der Waals surface area contributed by atoms with Crippen molar-refractivity contribution in [2.75, 3.05) is 18.4 Å². The number of anilines is 1. The first kappa shape index (κ1) is 31.9. The molecule has 2 N–H and O–H groups in total. The molecular weight excluding hydrogens is 605 g/mol. The van der Waals surface area contributed by atoms with Gasteiger partial charge in [-0.2, -0.15) is 0 Å². The van der Waals surface area contributed by atoms with E-state index < -0.39 is 6.04 Å². The normalized spacial score (nSPS) is 13.6. The summed E-state index contributed by atoms with van der Waals surface area (Å²) in [6.07, 6.45) is 1.92. The van der Waals surface area contributed by atoms with Gasteiger partial charge in [-0.3, -0.25) is 19.7 Å². The van der Waals surface area contributed by atoms with Gasteiger partial charge in [0.05, 0.1) is 5.69 Å². The van der Waals surface area contributed by atoms with Crippen LogP contribution >= 0.6 is 11.3 Å². The minimum absolute atomic E-state index is 0.0336. The largest absolute Gasteiger partial charge is 0.341 e. The highest BCUT2D eigenvalue weighted by Gasteiger charge is 2.30. The smallest absolute Gasteiger partial charge is 0.258 e. The molecule has 7 nitrogen and oxygen atoms in total. The van der Waals surface area contributed by atoms with Gasteiger partial charge in [0.2, 0.25) is 5.91 Å². The highest BCUT2D eigenvalue weighted by molar-refractivity contribution is 7.14. The molecule has 2 heterocycles. The SMILES string of the molecule is CC(C)(C)c1ccc(-c2ccccc2C(=O)Nc2nc(-c3ccccc3C(=O)N[C@H](C(=O)N3CCCC3)c3ccccc3)cs2)cc1. The van der Waals surface area contributed by atoms with Crippen LogP contribution in [0.25, 0.3) is 22.4 Å². The minimum atomic E-state index is -0.801. The highest BCUT2D eigenvalue weighted by atomic mass is 32.1. The molecule has 0 radical (unpaired) electrons. The number of hydrogen-bond donors (Lipinski definition) is 2. The van der Waals surface area contributed by atoms with Crippen molar-refractivity contribution in [3.63, 3.8) is 0 Å². The third kappa shape index (κ3) is 7.18. The molecule has 0 spiro atoms. The molecule has 0 saturated carbocycles. The van der Waals surface area contributed by atoms with Crippen molar-refractivity contribution < 1.29 is 14.4 Å². The van der Waals surface area contributed by atoms with Crippen molar-refractivity contribution in [1.29, 1.82) is 0 Å². The Hall–Kier alpha value is -5.08. The van der Waals surface area contributed by atoms with E-state index in [9.17, 15) is 14.4 Å². The van der Waals surface area contributed by atoms with Gasteiger partial charge in [0.25, 0.3) is 11.8 Å². The zero-order valence-electron chi connectivity index (χ0n) is 26.8.